The topological polar surface area (TPSA) is 89.7 Å². The molecule has 0 fully saturated rings. The van der Waals surface area contributed by atoms with Crippen molar-refractivity contribution in [2.75, 3.05) is 6.61 Å². The monoisotopic (exact) mass is 379 g/mol. The molecule has 0 aliphatic carbocycles. The van der Waals surface area contributed by atoms with Gasteiger partial charge in [-0.25, -0.2) is 4.79 Å². The number of nitrogens with zero attached hydrogens (tertiary/aromatic N) is 1. The SMILES string of the molecule is C=C(O)c1ccc(Cl)cc1Sc1ccc(C(=O)OCC)cc1[N+](=O)[O-]. The highest BCUT2D eigenvalue weighted by molar-refractivity contribution is 7.99. The summed E-state index contributed by atoms with van der Waals surface area (Å²) < 4.78 is 4.86. The maximum Gasteiger partial charge on any atom is 0.338 e. The lowest BCUT2D eigenvalue weighted by Crippen LogP contribution is -2.05. The van der Waals surface area contributed by atoms with E-state index in [1.54, 1.807) is 25.1 Å². The quantitative estimate of drug-likeness (QED) is 0.325. The summed E-state index contributed by atoms with van der Waals surface area (Å²) in [6.07, 6.45) is 0. The van der Waals surface area contributed by atoms with E-state index in [9.17, 15) is 20.0 Å². The number of halogens is 1. The number of hydrogen-bond donors (Lipinski definition) is 1. The normalized spacial score (nSPS) is 10.3. The third kappa shape index (κ3) is 4.52. The highest BCUT2D eigenvalue weighted by atomic mass is 35.5. The minimum absolute atomic E-state index is 0.0933. The van der Waals surface area contributed by atoms with Crippen molar-refractivity contribution >= 4 is 40.8 Å². The molecule has 0 saturated carbocycles. The fourth-order valence-electron chi connectivity index (χ4n) is 2.03. The van der Waals surface area contributed by atoms with Gasteiger partial charge in [-0.3, -0.25) is 10.1 Å². The smallest absolute Gasteiger partial charge is 0.338 e. The van der Waals surface area contributed by atoms with Gasteiger partial charge in [-0.2, -0.15) is 0 Å². The van der Waals surface area contributed by atoms with Crippen LogP contribution in [0.1, 0.15) is 22.8 Å². The number of carbonyl (C=O) groups is 1. The van der Waals surface area contributed by atoms with E-state index in [1.807, 2.05) is 0 Å². The number of ether oxygens (including phenoxy) is 1. The molecule has 2 aromatic carbocycles. The number of benzene rings is 2. The van der Waals surface area contributed by atoms with E-state index in [4.69, 9.17) is 16.3 Å². The van der Waals surface area contributed by atoms with Crippen LogP contribution in [0.3, 0.4) is 0 Å². The van der Waals surface area contributed by atoms with E-state index in [-0.39, 0.29) is 23.6 Å². The maximum absolute atomic E-state index is 11.8. The molecule has 0 atom stereocenters. The van der Waals surface area contributed by atoms with Crippen molar-refractivity contribution in [3.63, 3.8) is 0 Å². The molecular weight excluding hydrogens is 366 g/mol. The molecule has 0 amide bonds. The Morgan fingerprint density at radius 1 is 1.32 bits per heavy atom. The van der Waals surface area contributed by atoms with Gasteiger partial charge in [0.05, 0.1) is 22.0 Å². The van der Waals surface area contributed by atoms with Crippen LogP contribution in [0.5, 0.6) is 0 Å². The highest BCUT2D eigenvalue weighted by Crippen LogP contribution is 2.39. The first-order chi connectivity index (χ1) is 11.8. The molecule has 0 aliphatic heterocycles. The molecule has 0 radical (unpaired) electrons. The van der Waals surface area contributed by atoms with Crippen LogP contribution < -0.4 is 0 Å². The van der Waals surface area contributed by atoms with Crippen LogP contribution in [0.15, 0.2) is 52.8 Å². The lowest BCUT2D eigenvalue weighted by atomic mass is 10.2. The Balaban J connectivity index is 2.47. The Morgan fingerprint density at radius 3 is 2.64 bits per heavy atom. The zero-order chi connectivity index (χ0) is 18.6. The molecule has 0 aliphatic rings. The first kappa shape index (κ1) is 18.8. The number of rotatable bonds is 6. The molecular formula is C17H14ClNO5S. The summed E-state index contributed by atoms with van der Waals surface area (Å²) in [6.45, 7) is 5.30. The second-order valence-corrected chi connectivity index (χ2v) is 6.37. The number of aliphatic hydroxyl groups excluding tert-OH is 1. The fraction of sp³-hybridized carbons (Fsp3) is 0.118. The van der Waals surface area contributed by atoms with Crippen molar-refractivity contribution in [2.45, 2.75) is 16.7 Å². The van der Waals surface area contributed by atoms with E-state index in [2.05, 4.69) is 6.58 Å². The van der Waals surface area contributed by atoms with Crippen LogP contribution in [0, 0.1) is 10.1 Å². The van der Waals surface area contributed by atoms with Gasteiger partial charge in [-0.15, -0.1) is 0 Å². The lowest BCUT2D eigenvalue weighted by molar-refractivity contribution is -0.387. The van der Waals surface area contributed by atoms with E-state index >= 15 is 0 Å². The molecule has 0 spiro atoms. The standard InChI is InChI=1S/C17H14ClNO5S/c1-3-24-17(21)11-4-7-15(14(8-11)19(22)23)25-16-9-12(18)5-6-13(16)10(2)20/h4-9,20H,2-3H2,1H3. The Labute approximate surface area is 153 Å². The average molecular weight is 380 g/mol. The van der Waals surface area contributed by atoms with Crippen molar-refractivity contribution in [1.29, 1.82) is 0 Å². The summed E-state index contributed by atoms with van der Waals surface area (Å²) in [7, 11) is 0. The van der Waals surface area contributed by atoms with Crippen LogP contribution in [0.2, 0.25) is 5.02 Å². The number of nitro benzene ring substituents is 1. The Bertz CT molecular complexity index is 853. The largest absolute Gasteiger partial charge is 0.508 e. The fourth-order valence-corrected chi connectivity index (χ4v) is 3.35. The van der Waals surface area contributed by atoms with Crippen LogP contribution in [0.4, 0.5) is 5.69 Å². The van der Waals surface area contributed by atoms with Crippen LogP contribution in [-0.4, -0.2) is 22.6 Å². The molecule has 2 rings (SSSR count). The van der Waals surface area contributed by atoms with Crippen LogP contribution >= 0.6 is 23.4 Å². The van der Waals surface area contributed by atoms with Gasteiger partial charge >= 0.3 is 5.97 Å². The summed E-state index contributed by atoms with van der Waals surface area (Å²) in [5, 5.41) is 21.5. The molecule has 0 heterocycles. The zero-order valence-corrected chi connectivity index (χ0v) is 14.8. The summed E-state index contributed by atoms with van der Waals surface area (Å²) in [5.74, 6) is -0.806. The number of hydrogen-bond acceptors (Lipinski definition) is 6. The van der Waals surface area contributed by atoms with Gasteiger partial charge < -0.3 is 9.84 Å². The van der Waals surface area contributed by atoms with Gasteiger partial charge in [0.25, 0.3) is 5.69 Å². The summed E-state index contributed by atoms with van der Waals surface area (Å²) >= 11 is 7.02. The minimum Gasteiger partial charge on any atom is -0.508 e. The van der Waals surface area contributed by atoms with E-state index in [0.29, 0.717) is 20.4 Å². The molecule has 8 heteroatoms. The molecule has 0 unspecified atom stereocenters. The van der Waals surface area contributed by atoms with Gasteiger partial charge in [0, 0.05) is 21.5 Å². The predicted molar refractivity (Wildman–Crippen MR) is 96.3 cm³/mol. The average Bonchev–Trinajstić information content (AvgIpc) is 2.55. The summed E-state index contributed by atoms with van der Waals surface area (Å²) in [6, 6.07) is 8.81. The number of esters is 1. The van der Waals surface area contributed by atoms with Crippen molar-refractivity contribution in [3.05, 3.63) is 69.2 Å². The lowest BCUT2D eigenvalue weighted by Gasteiger charge is -2.10. The molecule has 25 heavy (non-hydrogen) atoms. The minimum atomic E-state index is -0.630. The van der Waals surface area contributed by atoms with Crippen molar-refractivity contribution < 1.29 is 19.6 Å². The van der Waals surface area contributed by atoms with Gasteiger partial charge in [0.2, 0.25) is 0 Å². The summed E-state index contributed by atoms with van der Waals surface area (Å²) in [5.41, 5.74) is 0.263. The summed E-state index contributed by atoms with van der Waals surface area (Å²) in [4.78, 5) is 23.4. The van der Waals surface area contributed by atoms with E-state index in [1.165, 1.54) is 12.1 Å². The number of nitro groups is 1. The second kappa shape index (κ2) is 8.04. The third-order valence-corrected chi connectivity index (χ3v) is 4.50. The molecule has 130 valence electrons. The molecule has 2 aromatic rings. The molecule has 6 nitrogen and oxygen atoms in total. The van der Waals surface area contributed by atoms with Gasteiger partial charge in [-0.1, -0.05) is 29.9 Å². The van der Waals surface area contributed by atoms with Crippen molar-refractivity contribution in [1.82, 2.24) is 0 Å². The maximum atomic E-state index is 11.8. The number of carbonyl (C=O) groups excluding carboxylic acids is 1. The Hall–Kier alpha value is -2.51. The molecule has 1 N–H and O–H groups in total. The van der Waals surface area contributed by atoms with E-state index in [0.717, 1.165) is 17.8 Å². The molecule has 0 saturated heterocycles. The Morgan fingerprint density at radius 2 is 2.04 bits per heavy atom. The predicted octanol–water partition coefficient (Wildman–Crippen LogP) is 5.10. The van der Waals surface area contributed by atoms with Crippen LogP contribution in [-0.2, 0) is 4.74 Å². The molecule has 0 aromatic heterocycles. The first-order valence-corrected chi connectivity index (χ1v) is 8.34. The van der Waals surface area contributed by atoms with Crippen molar-refractivity contribution in [3.8, 4) is 0 Å². The zero-order valence-electron chi connectivity index (χ0n) is 13.2. The molecule has 0 bridgehead atoms. The third-order valence-electron chi connectivity index (χ3n) is 3.14. The Kier molecular flexibility index (Phi) is 6.06. The van der Waals surface area contributed by atoms with Crippen molar-refractivity contribution in [2.24, 2.45) is 0 Å². The second-order valence-electron chi connectivity index (χ2n) is 4.85. The first-order valence-electron chi connectivity index (χ1n) is 7.14. The van der Waals surface area contributed by atoms with E-state index < -0.39 is 10.9 Å². The van der Waals surface area contributed by atoms with Gasteiger partial charge in [0.15, 0.2) is 0 Å². The van der Waals surface area contributed by atoms with Gasteiger partial charge in [-0.05, 0) is 37.3 Å². The highest BCUT2D eigenvalue weighted by Gasteiger charge is 2.20. The van der Waals surface area contributed by atoms with Gasteiger partial charge in [0.1, 0.15) is 5.76 Å². The number of aliphatic hydroxyl groups is 1. The van der Waals surface area contributed by atoms with Crippen LogP contribution in [0.25, 0.3) is 5.76 Å².